The average molecular weight is 368 g/mol. The molecule has 5 heteroatoms. The van der Waals surface area contributed by atoms with E-state index in [1.807, 2.05) is 41.2 Å². The molecule has 0 aliphatic carbocycles. The Kier molecular flexibility index (Phi) is 4.07. The van der Waals surface area contributed by atoms with Crippen LogP contribution in [0.15, 0.2) is 90.3 Å². The molecule has 0 radical (unpaired) electrons. The summed E-state index contributed by atoms with van der Waals surface area (Å²) in [5.74, 6) is 0.851. The molecule has 2 aromatic heterocycles. The van der Waals surface area contributed by atoms with Gasteiger partial charge in [0.15, 0.2) is 5.65 Å². The molecule has 0 atom stereocenters. The van der Waals surface area contributed by atoms with Crippen LogP contribution in [0.25, 0.3) is 27.5 Å². The standard InChI is InChI=1S/C22H16N4S/c1-2-10-18(11-3-1)26-21-20(13-25-26)22(24-15-23-21)27-14-17-9-6-8-16-7-4-5-12-19(16)17/h1-13,15H,14H2. The first-order valence-electron chi connectivity index (χ1n) is 8.74. The van der Waals surface area contributed by atoms with Crippen LogP contribution in [0.3, 0.4) is 0 Å². The number of para-hydroxylation sites is 1. The van der Waals surface area contributed by atoms with Crippen molar-refractivity contribution in [2.45, 2.75) is 10.8 Å². The quantitative estimate of drug-likeness (QED) is 0.320. The van der Waals surface area contributed by atoms with Crippen LogP contribution in [0.5, 0.6) is 0 Å². The van der Waals surface area contributed by atoms with Crippen LogP contribution in [-0.2, 0) is 5.75 Å². The molecular formula is C22H16N4S. The van der Waals surface area contributed by atoms with E-state index in [1.165, 1.54) is 16.3 Å². The minimum absolute atomic E-state index is 0.830. The number of hydrogen-bond acceptors (Lipinski definition) is 4. The van der Waals surface area contributed by atoms with Crippen LogP contribution >= 0.6 is 11.8 Å². The molecule has 0 saturated carbocycles. The highest BCUT2D eigenvalue weighted by Crippen LogP contribution is 2.30. The summed E-state index contributed by atoms with van der Waals surface area (Å²) in [6.45, 7) is 0. The first-order valence-corrected chi connectivity index (χ1v) is 9.72. The van der Waals surface area contributed by atoms with E-state index in [4.69, 9.17) is 0 Å². The fourth-order valence-corrected chi connectivity index (χ4v) is 4.23. The summed E-state index contributed by atoms with van der Waals surface area (Å²) in [6, 6.07) is 25.0. The Morgan fingerprint density at radius 2 is 1.59 bits per heavy atom. The van der Waals surface area contributed by atoms with Gasteiger partial charge >= 0.3 is 0 Å². The third-order valence-corrected chi connectivity index (χ3v) is 5.63. The van der Waals surface area contributed by atoms with Gasteiger partial charge in [-0.15, -0.1) is 11.8 Å². The SMILES string of the molecule is c1ccc(-n2ncc3c(SCc4cccc5ccccc45)ncnc32)cc1. The van der Waals surface area contributed by atoms with Crippen LogP contribution in [0, 0.1) is 0 Å². The number of rotatable bonds is 4. The molecule has 0 aliphatic heterocycles. The fraction of sp³-hybridized carbons (Fsp3) is 0.0455. The van der Waals surface area contributed by atoms with E-state index in [0.29, 0.717) is 0 Å². The molecule has 4 nitrogen and oxygen atoms in total. The number of thioether (sulfide) groups is 1. The fourth-order valence-electron chi connectivity index (χ4n) is 3.26. The molecule has 130 valence electrons. The van der Waals surface area contributed by atoms with E-state index >= 15 is 0 Å². The minimum Gasteiger partial charge on any atom is -0.229 e. The van der Waals surface area contributed by atoms with Crippen molar-refractivity contribution in [1.82, 2.24) is 19.7 Å². The normalized spacial score (nSPS) is 11.3. The molecule has 0 saturated heterocycles. The van der Waals surface area contributed by atoms with E-state index in [1.54, 1.807) is 18.1 Å². The Morgan fingerprint density at radius 1 is 0.778 bits per heavy atom. The van der Waals surface area contributed by atoms with E-state index in [2.05, 4.69) is 57.5 Å². The van der Waals surface area contributed by atoms with Crippen molar-refractivity contribution >= 4 is 33.6 Å². The van der Waals surface area contributed by atoms with Crippen molar-refractivity contribution in [2.75, 3.05) is 0 Å². The lowest BCUT2D eigenvalue weighted by atomic mass is 10.1. The summed E-state index contributed by atoms with van der Waals surface area (Å²) >= 11 is 1.72. The first kappa shape index (κ1) is 16.0. The van der Waals surface area contributed by atoms with Crippen LogP contribution in [0.1, 0.15) is 5.56 Å². The maximum absolute atomic E-state index is 4.53. The van der Waals surface area contributed by atoms with Gasteiger partial charge in [0.2, 0.25) is 0 Å². The zero-order valence-corrected chi connectivity index (χ0v) is 15.3. The lowest BCUT2D eigenvalue weighted by Crippen LogP contribution is -1.97. The zero-order chi connectivity index (χ0) is 18.1. The molecule has 0 aliphatic rings. The highest BCUT2D eigenvalue weighted by molar-refractivity contribution is 7.98. The molecule has 0 amide bonds. The van der Waals surface area contributed by atoms with Crippen LogP contribution in [0.2, 0.25) is 0 Å². The molecule has 5 rings (SSSR count). The zero-order valence-electron chi connectivity index (χ0n) is 14.5. The van der Waals surface area contributed by atoms with Crippen molar-refractivity contribution in [1.29, 1.82) is 0 Å². The van der Waals surface area contributed by atoms with Gasteiger partial charge < -0.3 is 0 Å². The second-order valence-corrected chi connectivity index (χ2v) is 7.20. The average Bonchev–Trinajstić information content (AvgIpc) is 3.17. The van der Waals surface area contributed by atoms with Gasteiger partial charge in [0.05, 0.1) is 17.3 Å². The van der Waals surface area contributed by atoms with Crippen molar-refractivity contribution in [3.05, 3.63) is 90.9 Å². The number of nitrogens with zero attached hydrogens (tertiary/aromatic N) is 4. The maximum Gasteiger partial charge on any atom is 0.167 e. The Bertz CT molecular complexity index is 1230. The topological polar surface area (TPSA) is 43.6 Å². The molecule has 27 heavy (non-hydrogen) atoms. The molecule has 0 N–H and O–H groups in total. The van der Waals surface area contributed by atoms with Crippen molar-refractivity contribution < 1.29 is 0 Å². The Hall–Kier alpha value is -3.18. The van der Waals surface area contributed by atoms with Gasteiger partial charge in [-0.05, 0) is 28.5 Å². The van der Waals surface area contributed by atoms with E-state index in [9.17, 15) is 0 Å². The van der Waals surface area contributed by atoms with Gasteiger partial charge in [-0.2, -0.15) is 5.10 Å². The van der Waals surface area contributed by atoms with Crippen LogP contribution in [-0.4, -0.2) is 19.7 Å². The highest BCUT2D eigenvalue weighted by atomic mass is 32.2. The van der Waals surface area contributed by atoms with Gasteiger partial charge in [0, 0.05) is 5.75 Å². The van der Waals surface area contributed by atoms with Crippen molar-refractivity contribution in [2.24, 2.45) is 0 Å². The van der Waals surface area contributed by atoms with Crippen molar-refractivity contribution in [3.8, 4) is 5.69 Å². The third-order valence-electron chi connectivity index (χ3n) is 4.57. The highest BCUT2D eigenvalue weighted by Gasteiger charge is 2.12. The predicted molar refractivity (Wildman–Crippen MR) is 110 cm³/mol. The summed E-state index contributed by atoms with van der Waals surface area (Å²) in [7, 11) is 0. The second kappa shape index (κ2) is 6.85. The monoisotopic (exact) mass is 368 g/mol. The molecular weight excluding hydrogens is 352 g/mol. The smallest absolute Gasteiger partial charge is 0.167 e. The van der Waals surface area contributed by atoms with Crippen molar-refractivity contribution in [3.63, 3.8) is 0 Å². The molecule has 5 aromatic rings. The Morgan fingerprint density at radius 3 is 2.52 bits per heavy atom. The lowest BCUT2D eigenvalue weighted by Gasteiger charge is -2.07. The summed E-state index contributed by atoms with van der Waals surface area (Å²) in [5.41, 5.74) is 3.13. The van der Waals surface area contributed by atoms with Gasteiger partial charge in [0.1, 0.15) is 11.4 Å². The Labute approximate surface area is 160 Å². The molecule has 0 fully saturated rings. The molecule has 2 heterocycles. The molecule has 3 aromatic carbocycles. The minimum atomic E-state index is 0.830. The number of hydrogen-bond donors (Lipinski definition) is 0. The van der Waals surface area contributed by atoms with E-state index < -0.39 is 0 Å². The van der Waals surface area contributed by atoms with Gasteiger partial charge in [0.25, 0.3) is 0 Å². The maximum atomic E-state index is 4.53. The summed E-state index contributed by atoms with van der Waals surface area (Å²) < 4.78 is 1.86. The van der Waals surface area contributed by atoms with Crippen LogP contribution < -0.4 is 0 Å². The number of fused-ring (bicyclic) bond motifs is 2. The van der Waals surface area contributed by atoms with Crippen LogP contribution in [0.4, 0.5) is 0 Å². The predicted octanol–water partition coefficient (Wildman–Crippen LogP) is 5.26. The number of aromatic nitrogens is 4. The van der Waals surface area contributed by atoms with Gasteiger partial charge in [-0.3, -0.25) is 0 Å². The van der Waals surface area contributed by atoms with E-state index in [0.717, 1.165) is 27.5 Å². The Balaban J connectivity index is 1.50. The molecule has 0 spiro atoms. The lowest BCUT2D eigenvalue weighted by molar-refractivity contribution is 0.893. The first-order chi connectivity index (χ1) is 13.4. The summed E-state index contributed by atoms with van der Waals surface area (Å²) in [5, 5.41) is 9.02. The summed E-state index contributed by atoms with van der Waals surface area (Å²) in [4.78, 5) is 8.97. The largest absolute Gasteiger partial charge is 0.229 e. The third kappa shape index (κ3) is 2.96. The van der Waals surface area contributed by atoms with Gasteiger partial charge in [-0.25, -0.2) is 14.6 Å². The van der Waals surface area contributed by atoms with Gasteiger partial charge in [-0.1, -0.05) is 60.7 Å². The molecule has 0 bridgehead atoms. The molecule has 0 unspecified atom stereocenters. The van der Waals surface area contributed by atoms with E-state index in [-0.39, 0.29) is 0 Å². The second-order valence-electron chi connectivity index (χ2n) is 6.23. The summed E-state index contributed by atoms with van der Waals surface area (Å²) in [6.07, 6.45) is 3.47. The number of benzene rings is 3.